The van der Waals surface area contributed by atoms with E-state index in [-0.39, 0.29) is 25.4 Å². The molecule has 98 valence electrons. The predicted octanol–water partition coefficient (Wildman–Crippen LogP) is 0.943. The molecule has 0 fully saturated rings. The van der Waals surface area contributed by atoms with Gasteiger partial charge in [-0.25, -0.2) is 4.79 Å². The van der Waals surface area contributed by atoms with Crippen molar-refractivity contribution in [2.45, 2.75) is 18.9 Å². The third kappa shape index (κ3) is 4.85. The number of hydrogen-bond donors (Lipinski definition) is 3. The fourth-order valence-electron chi connectivity index (χ4n) is 1.42. The number of aliphatic hydroxyl groups is 1. The number of hydrogen-bond acceptors (Lipinski definition) is 3. The van der Waals surface area contributed by atoms with Gasteiger partial charge < -0.3 is 15.5 Å². The van der Waals surface area contributed by atoms with Gasteiger partial charge in [-0.1, -0.05) is 28.1 Å². The summed E-state index contributed by atoms with van der Waals surface area (Å²) in [6.45, 7) is -0.282. The monoisotopic (exact) mass is 315 g/mol. The molecule has 5 nitrogen and oxygen atoms in total. The van der Waals surface area contributed by atoms with E-state index in [1.165, 1.54) is 0 Å². The molecule has 6 heteroatoms. The van der Waals surface area contributed by atoms with E-state index in [2.05, 4.69) is 21.2 Å². The molecule has 0 spiro atoms. The Balaban J connectivity index is 2.54. The summed E-state index contributed by atoms with van der Waals surface area (Å²) in [4.78, 5) is 22.4. The molecule has 3 N–H and O–H groups in total. The van der Waals surface area contributed by atoms with Crippen molar-refractivity contribution in [2.75, 3.05) is 6.61 Å². The number of rotatable bonds is 6. The summed E-state index contributed by atoms with van der Waals surface area (Å²) < 4.78 is 0.912. The zero-order chi connectivity index (χ0) is 13.5. The number of benzene rings is 1. The smallest absolute Gasteiger partial charge is 0.326 e. The average molecular weight is 316 g/mol. The molecular formula is C12H14BrNO4. The van der Waals surface area contributed by atoms with Gasteiger partial charge in [-0.15, -0.1) is 0 Å². The van der Waals surface area contributed by atoms with Gasteiger partial charge in [0, 0.05) is 17.5 Å². The molecule has 1 atom stereocenters. The maximum atomic E-state index is 11.6. The molecule has 0 unspecified atom stereocenters. The van der Waals surface area contributed by atoms with Gasteiger partial charge in [0.05, 0.1) is 6.42 Å². The number of aliphatic carboxylic acids is 1. The topological polar surface area (TPSA) is 86.6 Å². The molecule has 0 radical (unpaired) electrons. The Morgan fingerprint density at radius 2 is 1.89 bits per heavy atom. The second-order valence-electron chi connectivity index (χ2n) is 3.77. The molecule has 0 saturated carbocycles. The first-order chi connectivity index (χ1) is 8.52. The number of carboxylic acid groups (broad SMARTS) is 1. The molecule has 0 aliphatic heterocycles. The van der Waals surface area contributed by atoms with Gasteiger partial charge in [-0.05, 0) is 17.7 Å². The van der Waals surface area contributed by atoms with E-state index in [0.29, 0.717) is 0 Å². The van der Waals surface area contributed by atoms with Crippen LogP contribution < -0.4 is 5.32 Å². The Morgan fingerprint density at radius 3 is 2.39 bits per heavy atom. The number of nitrogens with one attached hydrogen (secondary N) is 1. The highest BCUT2D eigenvalue weighted by molar-refractivity contribution is 9.10. The highest BCUT2D eigenvalue weighted by Crippen LogP contribution is 2.10. The minimum Gasteiger partial charge on any atom is -0.480 e. The first-order valence-electron chi connectivity index (χ1n) is 5.40. The van der Waals surface area contributed by atoms with Crippen LogP contribution in [0.3, 0.4) is 0 Å². The van der Waals surface area contributed by atoms with E-state index in [1.54, 1.807) is 12.1 Å². The number of carbonyl (C=O) groups is 2. The van der Waals surface area contributed by atoms with Gasteiger partial charge in [0.2, 0.25) is 5.91 Å². The van der Waals surface area contributed by atoms with Crippen LogP contribution in [0.1, 0.15) is 12.0 Å². The Bertz CT molecular complexity index is 419. The van der Waals surface area contributed by atoms with Crippen molar-refractivity contribution in [3.63, 3.8) is 0 Å². The van der Waals surface area contributed by atoms with Crippen LogP contribution in [0, 0.1) is 0 Å². The fraction of sp³-hybridized carbons (Fsp3) is 0.333. The van der Waals surface area contributed by atoms with Crippen molar-refractivity contribution in [3.05, 3.63) is 34.3 Å². The molecule has 0 saturated heterocycles. The maximum absolute atomic E-state index is 11.6. The Hall–Kier alpha value is -1.40. The fourth-order valence-corrected chi connectivity index (χ4v) is 1.68. The van der Waals surface area contributed by atoms with Crippen LogP contribution in [0.25, 0.3) is 0 Å². The molecule has 1 amide bonds. The second kappa shape index (κ2) is 7.13. The van der Waals surface area contributed by atoms with Crippen molar-refractivity contribution in [1.29, 1.82) is 0 Å². The Morgan fingerprint density at radius 1 is 1.28 bits per heavy atom. The Labute approximate surface area is 113 Å². The standard InChI is InChI=1S/C12H14BrNO4/c13-9-3-1-8(2-4-9)7-11(16)14-10(5-6-15)12(17)18/h1-4,10,15H,5-7H2,(H,14,16)(H,17,18)/t10-/m0/s1. The van der Waals surface area contributed by atoms with E-state index in [0.717, 1.165) is 10.0 Å². The lowest BCUT2D eigenvalue weighted by atomic mass is 10.1. The molecule has 0 aliphatic rings. The minimum absolute atomic E-state index is 0.00140. The van der Waals surface area contributed by atoms with Crippen molar-refractivity contribution in [1.82, 2.24) is 5.32 Å². The van der Waals surface area contributed by atoms with E-state index in [4.69, 9.17) is 10.2 Å². The number of halogens is 1. The summed E-state index contributed by atoms with van der Waals surface area (Å²) in [7, 11) is 0. The van der Waals surface area contributed by atoms with Crippen LogP contribution in [0.2, 0.25) is 0 Å². The molecule has 1 aromatic carbocycles. The lowest BCUT2D eigenvalue weighted by Gasteiger charge is -2.13. The zero-order valence-electron chi connectivity index (χ0n) is 9.60. The van der Waals surface area contributed by atoms with E-state index < -0.39 is 12.0 Å². The number of carbonyl (C=O) groups excluding carboxylic acids is 1. The van der Waals surface area contributed by atoms with Crippen LogP contribution in [-0.2, 0) is 16.0 Å². The second-order valence-corrected chi connectivity index (χ2v) is 4.69. The molecule has 0 heterocycles. The minimum atomic E-state index is -1.15. The van der Waals surface area contributed by atoms with E-state index >= 15 is 0 Å². The third-order valence-corrected chi connectivity index (χ3v) is 2.86. The SMILES string of the molecule is O=C(Cc1ccc(Br)cc1)N[C@@H](CCO)C(=O)O. The average Bonchev–Trinajstić information content (AvgIpc) is 2.31. The zero-order valence-corrected chi connectivity index (χ0v) is 11.2. The molecule has 0 aromatic heterocycles. The third-order valence-electron chi connectivity index (χ3n) is 2.33. The highest BCUT2D eigenvalue weighted by Gasteiger charge is 2.18. The predicted molar refractivity (Wildman–Crippen MR) is 69.1 cm³/mol. The van der Waals surface area contributed by atoms with Crippen LogP contribution in [0.4, 0.5) is 0 Å². The molecule has 0 aliphatic carbocycles. The summed E-state index contributed by atoms with van der Waals surface area (Å²) in [5.74, 6) is -1.52. The maximum Gasteiger partial charge on any atom is 0.326 e. The first-order valence-corrected chi connectivity index (χ1v) is 6.19. The lowest BCUT2D eigenvalue weighted by molar-refractivity contribution is -0.142. The largest absolute Gasteiger partial charge is 0.480 e. The number of amides is 1. The van der Waals surface area contributed by atoms with E-state index in [1.807, 2.05) is 12.1 Å². The quantitative estimate of drug-likeness (QED) is 0.729. The van der Waals surface area contributed by atoms with Gasteiger partial charge in [-0.2, -0.15) is 0 Å². The van der Waals surface area contributed by atoms with E-state index in [9.17, 15) is 9.59 Å². The summed E-state index contributed by atoms with van der Waals surface area (Å²) in [6, 6.07) is 6.14. The summed E-state index contributed by atoms with van der Waals surface area (Å²) >= 11 is 3.29. The summed E-state index contributed by atoms with van der Waals surface area (Å²) in [6.07, 6.45) is 0.115. The first kappa shape index (κ1) is 14.7. The summed E-state index contributed by atoms with van der Waals surface area (Å²) in [5, 5.41) is 19.9. The molecular weight excluding hydrogens is 302 g/mol. The molecule has 18 heavy (non-hydrogen) atoms. The molecule has 1 rings (SSSR count). The normalized spacial score (nSPS) is 11.9. The van der Waals surface area contributed by atoms with Crippen LogP contribution in [0.5, 0.6) is 0 Å². The van der Waals surface area contributed by atoms with Crippen LogP contribution in [0.15, 0.2) is 28.7 Å². The summed E-state index contributed by atoms with van der Waals surface area (Å²) in [5.41, 5.74) is 0.795. The van der Waals surface area contributed by atoms with Crippen molar-refractivity contribution in [2.24, 2.45) is 0 Å². The molecule has 1 aromatic rings. The molecule has 0 bridgehead atoms. The number of aliphatic hydroxyl groups excluding tert-OH is 1. The van der Waals surface area contributed by atoms with Gasteiger partial charge in [-0.3, -0.25) is 4.79 Å². The van der Waals surface area contributed by atoms with Gasteiger partial charge in [0.25, 0.3) is 0 Å². The lowest BCUT2D eigenvalue weighted by Crippen LogP contribution is -2.42. The van der Waals surface area contributed by atoms with Gasteiger partial charge >= 0.3 is 5.97 Å². The van der Waals surface area contributed by atoms with Crippen molar-refractivity contribution in [3.8, 4) is 0 Å². The van der Waals surface area contributed by atoms with Crippen LogP contribution >= 0.6 is 15.9 Å². The van der Waals surface area contributed by atoms with Crippen LogP contribution in [-0.4, -0.2) is 34.7 Å². The van der Waals surface area contributed by atoms with Gasteiger partial charge in [0.1, 0.15) is 6.04 Å². The Kier molecular flexibility index (Phi) is 5.80. The van der Waals surface area contributed by atoms with Gasteiger partial charge in [0.15, 0.2) is 0 Å². The van der Waals surface area contributed by atoms with Crippen molar-refractivity contribution < 1.29 is 19.8 Å². The van der Waals surface area contributed by atoms with Crippen molar-refractivity contribution >= 4 is 27.8 Å². The highest BCUT2D eigenvalue weighted by atomic mass is 79.9. The number of carboxylic acids is 1.